The summed E-state index contributed by atoms with van der Waals surface area (Å²) in [5.41, 5.74) is 3.75. The smallest absolute Gasteiger partial charge is 0.162 e. The van der Waals surface area contributed by atoms with Crippen LogP contribution in [-0.2, 0) is 0 Å². The molecule has 0 amide bonds. The molecule has 0 saturated carbocycles. The van der Waals surface area contributed by atoms with Gasteiger partial charge in [-0.1, -0.05) is 17.3 Å². The standard InChI is InChI=1S/C18H20N4O2/c1-4-19-14-7-5-6-13(10-14)16-12-22(21-20-16)15-8-9-17(23-2)18(11-15)24-3/h5-12,19H,4H2,1-3H3. The first kappa shape index (κ1) is 15.9. The van der Waals surface area contributed by atoms with Gasteiger partial charge in [-0.05, 0) is 31.2 Å². The molecule has 3 aromatic rings. The summed E-state index contributed by atoms with van der Waals surface area (Å²) in [4.78, 5) is 0. The number of hydrogen-bond acceptors (Lipinski definition) is 5. The molecular formula is C18H20N4O2. The zero-order valence-corrected chi connectivity index (χ0v) is 14.0. The van der Waals surface area contributed by atoms with Crippen molar-refractivity contribution in [3.05, 3.63) is 48.7 Å². The number of ether oxygens (including phenoxy) is 2. The fourth-order valence-corrected chi connectivity index (χ4v) is 2.48. The lowest BCUT2D eigenvalue weighted by molar-refractivity contribution is 0.354. The first-order valence-electron chi connectivity index (χ1n) is 7.74. The Morgan fingerprint density at radius 2 is 1.88 bits per heavy atom. The molecule has 0 saturated heterocycles. The molecule has 0 aliphatic rings. The predicted molar refractivity (Wildman–Crippen MR) is 94.1 cm³/mol. The van der Waals surface area contributed by atoms with Crippen LogP contribution in [0.1, 0.15) is 6.92 Å². The molecule has 24 heavy (non-hydrogen) atoms. The Kier molecular flexibility index (Phi) is 4.65. The van der Waals surface area contributed by atoms with Gasteiger partial charge in [0.2, 0.25) is 0 Å². The molecule has 0 bridgehead atoms. The van der Waals surface area contributed by atoms with E-state index in [0.29, 0.717) is 11.5 Å². The molecular weight excluding hydrogens is 304 g/mol. The Bertz CT molecular complexity index is 829. The molecule has 0 aliphatic carbocycles. The van der Waals surface area contributed by atoms with Gasteiger partial charge in [-0.25, -0.2) is 4.68 Å². The molecule has 0 unspecified atom stereocenters. The van der Waals surface area contributed by atoms with Gasteiger partial charge in [-0.2, -0.15) is 0 Å². The van der Waals surface area contributed by atoms with Crippen molar-refractivity contribution < 1.29 is 9.47 Å². The predicted octanol–water partition coefficient (Wildman–Crippen LogP) is 3.38. The third-order valence-corrected chi connectivity index (χ3v) is 3.66. The first-order valence-corrected chi connectivity index (χ1v) is 7.74. The van der Waals surface area contributed by atoms with Crippen LogP contribution >= 0.6 is 0 Å². The van der Waals surface area contributed by atoms with Gasteiger partial charge in [-0.15, -0.1) is 5.10 Å². The highest BCUT2D eigenvalue weighted by molar-refractivity contribution is 5.64. The molecule has 1 heterocycles. The third kappa shape index (κ3) is 3.17. The molecule has 0 spiro atoms. The Morgan fingerprint density at radius 1 is 1.04 bits per heavy atom. The summed E-state index contributed by atoms with van der Waals surface area (Å²) in [7, 11) is 3.23. The number of hydrogen-bond donors (Lipinski definition) is 1. The van der Waals surface area contributed by atoms with Crippen molar-refractivity contribution in [2.24, 2.45) is 0 Å². The number of benzene rings is 2. The molecule has 0 radical (unpaired) electrons. The van der Waals surface area contributed by atoms with E-state index in [1.807, 2.05) is 42.6 Å². The minimum Gasteiger partial charge on any atom is -0.493 e. The maximum atomic E-state index is 5.34. The molecule has 0 fully saturated rings. The first-order chi connectivity index (χ1) is 11.7. The average molecular weight is 324 g/mol. The van der Waals surface area contributed by atoms with Crippen LogP contribution in [-0.4, -0.2) is 35.8 Å². The molecule has 0 aliphatic heterocycles. The normalized spacial score (nSPS) is 10.5. The average Bonchev–Trinajstić information content (AvgIpc) is 3.12. The molecule has 1 N–H and O–H groups in total. The van der Waals surface area contributed by atoms with Gasteiger partial charge in [0.1, 0.15) is 5.69 Å². The fraction of sp³-hybridized carbons (Fsp3) is 0.222. The molecule has 0 atom stereocenters. The lowest BCUT2D eigenvalue weighted by Crippen LogP contribution is -1.97. The van der Waals surface area contributed by atoms with Crippen LogP contribution in [0, 0.1) is 0 Å². The van der Waals surface area contributed by atoms with E-state index in [-0.39, 0.29) is 0 Å². The van der Waals surface area contributed by atoms with E-state index < -0.39 is 0 Å². The van der Waals surface area contributed by atoms with Crippen molar-refractivity contribution in [1.82, 2.24) is 15.0 Å². The number of rotatable bonds is 6. The minimum absolute atomic E-state index is 0.654. The quantitative estimate of drug-likeness (QED) is 0.753. The van der Waals surface area contributed by atoms with E-state index in [2.05, 4.69) is 28.6 Å². The highest BCUT2D eigenvalue weighted by Gasteiger charge is 2.09. The second-order valence-electron chi connectivity index (χ2n) is 5.20. The van der Waals surface area contributed by atoms with Crippen LogP contribution in [0.3, 0.4) is 0 Å². The Labute approximate surface area is 141 Å². The van der Waals surface area contributed by atoms with E-state index in [9.17, 15) is 0 Å². The Hall–Kier alpha value is -3.02. The summed E-state index contributed by atoms with van der Waals surface area (Å²) in [6.45, 7) is 2.95. The van der Waals surface area contributed by atoms with E-state index >= 15 is 0 Å². The molecule has 3 rings (SSSR count). The summed E-state index contributed by atoms with van der Waals surface area (Å²) in [5, 5.41) is 11.8. The Balaban J connectivity index is 1.92. The monoisotopic (exact) mass is 324 g/mol. The fourth-order valence-electron chi connectivity index (χ4n) is 2.48. The highest BCUT2D eigenvalue weighted by Crippen LogP contribution is 2.29. The third-order valence-electron chi connectivity index (χ3n) is 3.66. The van der Waals surface area contributed by atoms with Crippen molar-refractivity contribution in [1.29, 1.82) is 0 Å². The molecule has 1 aromatic heterocycles. The summed E-state index contributed by atoms with van der Waals surface area (Å²) < 4.78 is 12.3. The van der Waals surface area contributed by atoms with Crippen molar-refractivity contribution in [3.8, 4) is 28.4 Å². The lowest BCUT2D eigenvalue weighted by atomic mass is 10.1. The lowest BCUT2D eigenvalue weighted by Gasteiger charge is -2.09. The number of nitrogens with one attached hydrogen (secondary N) is 1. The van der Waals surface area contributed by atoms with Gasteiger partial charge >= 0.3 is 0 Å². The number of methoxy groups -OCH3 is 2. The van der Waals surface area contributed by atoms with Crippen molar-refractivity contribution in [2.75, 3.05) is 26.1 Å². The second kappa shape index (κ2) is 7.04. The second-order valence-corrected chi connectivity index (χ2v) is 5.20. The van der Waals surface area contributed by atoms with Crippen molar-refractivity contribution in [3.63, 3.8) is 0 Å². The largest absolute Gasteiger partial charge is 0.493 e. The maximum absolute atomic E-state index is 5.34. The van der Waals surface area contributed by atoms with E-state index in [0.717, 1.165) is 29.2 Å². The van der Waals surface area contributed by atoms with Gasteiger partial charge in [-0.3, -0.25) is 0 Å². The summed E-state index contributed by atoms with van der Waals surface area (Å²) in [6, 6.07) is 13.7. The van der Waals surface area contributed by atoms with Crippen LogP contribution in [0.15, 0.2) is 48.7 Å². The zero-order valence-electron chi connectivity index (χ0n) is 14.0. The van der Waals surface area contributed by atoms with E-state index in [4.69, 9.17) is 9.47 Å². The molecule has 6 nitrogen and oxygen atoms in total. The van der Waals surface area contributed by atoms with Crippen LogP contribution in [0.25, 0.3) is 16.9 Å². The summed E-state index contributed by atoms with van der Waals surface area (Å²) in [6.07, 6.45) is 1.90. The summed E-state index contributed by atoms with van der Waals surface area (Å²) in [5.74, 6) is 1.33. The van der Waals surface area contributed by atoms with Crippen LogP contribution in [0.5, 0.6) is 11.5 Å². The van der Waals surface area contributed by atoms with Gasteiger partial charge in [0.15, 0.2) is 11.5 Å². The van der Waals surface area contributed by atoms with Crippen LogP contribution in [0.2, 0.25) is 0 Å². The minimum atomic E-state index is 0.654. The van der Waals surface area contributed by atoms with Crippen LogP contribution < -0.4 is 14.8 Å². The van der Waals surface area contributed by atoms with Gasteiger partial charge in [0, 0.05) is 23.9 Å². The van der Waals surface area contributed by atoms with Gasteiger partial charge in [0.05, 0.1) is 26.1 Å². The van der Waals surface area contributed by atoms with E-state index in [1.54, 1.807) is 18.9 Å². The molecule has 2 aromatic carbocycles. The van der Waals surface area contributed by atoms with Gasteiger partial charge < -0.3 is 14.8 Å². The summed E-state index contributed by atoms with van der Waals surface area (Å²) >= 11 is 0. The molecule has 6 heteroatoms. The topological polar surface area (TPSA) is 61.2 Å². The number of anilines is 1. The highest BCUT2D eigenvalue weighted by atomic mass is 16.5. The van der Waals surface area contributed by atoms with Crippen LogP contribution in [0.4, 0.5) is 5.69 Å². The van der Waals surface area contributed by atoms with Gasteiger partial charge in [0.25, 0.3) is 0 Å². The van der Waals surface area contributed by atoms with Crippen molar-refractivity contribution in [2.45, 2.75) is 6.92 Å². The maximum Gasteiger partial charge on any atom is 0.162 e. The van der Waals surface area contributed by atoms with E-state index in [1.165, 1.54) is 0 Å². The Morgan fingerprint density at radius 3 is 2.62 bits per heavy atom. The SMILES string of the molecule is CCNc1cccc(-c2cn(-c3ccc(OC)c(OC)c3)nn2)c1. The van der Waals surface area contributed by atoms with Crippen molar-refractivity contribution >= 4 is 5.69 Å². The molecule has 124 valence electrons. The number of nitrogens with zero attached hydrogens (tertiary/aromatic N) is 3. The zero-order chi connectivity index (χ0) is 16.9. The number of aromatic nitrogens is 3.